The number of aromatic nitrogens is 2. The lowest BCUT2D eigenvalue weighted by Gasteiger charge is -2.03. The SMILES string of the molecule is CCC(=O)NCCCCCCCc1ncccn1. The molecule has 1 N–H and O–H groups in total. The summed E-state index contributed by atoms with van der Waals surface area (Å²) in [5.74, 6) is 1.09. The molecule has 0 spiro atoms. The van der Waals surface area contributed by atoms with Crippen LogP contribution in [0, 0.1) is 0 Å². The first kappa shape index (κ1) is 14.6. The third-order valence-electron chi connectivity index (χ3n) is 2.84. The van der Waals surface area contributed by atoms with Crippen molar-refractivity contribution in [2.24, 2.45) is 0 Å². The van der Waals surface area contributed by atoms with Gasteiger partial charge in [0.05, 0.1) is 0 Å². The number of nitrogens with one attached hydrogen (secondary N) is 1. The first-order valence-electron chi connectivity index (χ1n) is 6.85. The Kier molecular flexibility index (Phi) is 7.77. The van der Waals surface area contributed by atoms with Crippen molar-refractivity contribution in [2.45, 2.75) is 51.9 Å². The van der Waals surface area contributed by atoms with Crippen LogP contribution in [0.5, 0.6) is 0 Å². The minimum Gasteiger partial charge on any atom is -0.356 e. The second-order valence-corrected chi connectivity index (χ2v) is 4.39. The molecule has 0 aliphatic heterocycles. The molecule has 1 rings (SSSR count). The Morgan fingerprint density at radius 1 is 1.11 bits per heavy atom. The molecule has 0 bridgehead atoms. The standard InChI is InChI=1S/C14H23N3O/c1-2-14(18)17-10-7-5-3-4-6-9-13-15-11-8-12-16-13/h8,11-12H,2-7,9-10H2,1H3,(H,17,18). The molecular formula is C14H23N3O. The number of aryl methyl sites for hydroxylation is 1. The van der Waals surface area contributed by atoms with Crippen molar-refractivity contribution < 1.29 is 4.79 Å². The Morgan fingerprint density at radius 2 is 1.78 bits per heavy atom. The zero-order valence-corrected chi connectivity index (χ0v) is 11.2. The lowest BCUT2D eigenvalue weighted by Crippen LogP contribution is -2.23. The zero-order valence-electron chi connectivity index (χ0n) is 11.2. The van der Waals surface area contributed by atoms with Crippen molar-refractivity contribution in [3.63, 3.8) is 0 Å². The fourth-order valence-corrected chi connectivity index (χ4v) is 1.75. The van der Waals surface area contributed by atoms with Gasteiger partial charge < -0.3 is 5.32 Å². The molecular weight excluding hydrogens is 226 g/mol. The predicted octanol–water partition coefficient (Wildman–Crippen LogP) is 2.50. The van der Waals surface area contributed by atoms with E-state index in [1.807, 2.05) is 13.0 Å². The number of carbonyl (C=O) groups is 1. The summed E-state index contributed by atoms with van der Waals surface area (Å²) in [6.07, 6.45) is 11.0. The van der Waals surface area contributed by atoms with Crippen LogP contribution in [0.2, 0.25) is 0 Å². The number of amides is 1. The highest BCUT2D eigenvalue weighted by Crippen LogP contribution is 2.05. The van der Waals surface area contributed by atoms with Gasteiger partial charge in [-0.25, -0.2) is 9.97 Å². The van der Waals surface area contributed by atoms with Gasteiger partial charge in [-0.1, -0.05) is 26.2 Å². The molecule has 18 heavy (non-hydrogen) atoms. The van der Waals surface area contributed by atoms with Gasteiger partial charge in [0.15, 0.2) is 0 Å². The Balaban J connectivity index is 1.89. The van der Waals surface area contributed by atoms with Crippen molar-refractivity contribution >= 4 is 5.91 Å². The molecule has 0 aliphatic carbocycles. The Morgan fingerprint density at radius 3 is 2.50 bits per heavy atom. The highest BCUT2D eigenvalue weighted by Gasteiger charge is 1.97. The van der Waals surface area contributed by atoms with Crippen molar-refractivity contribution in [3.8, 4) is 0 Å². The minimum absolute atomic E-state index is 0.149. The maximum Gasteiger partial charge on any atom is 0.219 e. The third-order valence-corrected chi connectivity index (χ3v) is 2.84. The van der Waals surface area contributed by atoms with E-state index in [2.05, 4.69) is 15.3 Å². The summed E-state index contributed by atoms with van der Waals surface area (Å²) in [6.45, 7) is 2.69. The summed E-state index contributed by atoms with van der Waals surface area (Å²) in [7, 11) is 0. The molecule has 100 valence electrons. The topological polar surface area (TPSA) is 54.9 Å². The third kappa shape index (κ3) is 6.99. The Bertz CT molecular complexity index is 327. The van der Waals surface area contributed by atoms with Gasteiger partial charge in [0, 0.05) is 31.8 Å². The van der Waals surface area contributed by atoms with Gasteiger partial charge in [0.25, 0.3) is 0 Å². The molecule has 1 aromatic rings. The van der Waals surface area contributed by atoms with E-state index in [4.69, 9.17) is 0 Å². The summed E-state index contributed by atoms with van der Waals surface area (Å²) in [5, 5.41) is 2.89. The molecule has 0 aromatic carbocycles. The second kappa shape index (κ2) is 9.57. The van der Waals surface area contributed by atoms with E-state index in [1.54, 1.807) is 12.4 Å². The molecule has 0 aliphatic rings. The van der Waals surface area contributed by atoms with Crippen molar-refractivity contribution in [1.82, 2.24) is 15.3 Å². The fourth-order valence-electron chi connectivity index (χ4n) is 1.75. The van der Waals surface area contributed by atoms with Gasteiger partial charge in [-0.15, -0.1) is 0 Å². The van der Waals surface area contributed by atoms with E-state index in [-0.39, 0.29) is 5.91 Å². The molecule has 0 saturated heterocycles. The molecule has 0 fully saturated rings. The van der Waals surface area contributed by atoms with Gasteiger partial charge in [-0.2, -0.15) is 0 Å². The number of hydrogen-bond donors (Lipinski definition) is 1. The molecule has 0 unspecified atom stereocenters. The highest BCUT2D eigenvalue weighted by atomic mass is 16.1. The van der Waals surface area contributed by atoms with E-state index in [0.717, 1.165) is 31.6 Å². The van der Waals surface area contributed by atoms with E-state index in [1.165, 1.54) is 19.3 Å². The smallest absolute Gasteiger partial charge is 0.219 e. The summed E-state index contributed by atoms with van der Waals surface area (Å²) < 4.78 is 0. The van der Waals surface area contributed by atoms with E-state index < -0.39 is 0 Å². The maximum atomic E-state index is 11.0. The summed E-state index contributed by atoms with van der Waals surface area (Å²) in [4.78, 5) is 19.4. The van der Waals surface area contributed by atoms with Crippen LogP contribution in [0.1, 0.15) is 51.3 Å². The maximum absolute atomic E-state index is 11.0. The van der Waals surface area contributed by atoms with Crippen LogP contribution >= 0.6 is 0 Å². The first-order chi connectivity index (χ1) is 8.83. The number of carbonyl (C=O) groups excluding carboxylic acids is 1. The molecule has 1 heterocycles. The molecule has 0 atom stereocenters. The van der Waals surface area contributed by atoms with E-state index >= 15 is 0 Å². The predicted molar refractivity (Wildman–Crippen MR) is 72.1 cm³/mol. The van der Waals surface area contributed by atoms with Crippen LogP contribution < -0.4 is 5.32 Å². The van der Waals surface area contributed by atoms with Gasteiger partial charge in [-0.3, -0.25) is 4.79 Å². The van der Waals surface area contributed by atoms with E-state index in [9.17, 15) is 4.79 Å². The summed E-state index contributed by atoms with van der Waals surface area (Å²) >= 11 is 0. The molecule has 4 heteroatoms. The van der Waals surface area contributed by atoms with Gasteiger partial charge in [-0.05, 0) is 18.9 Å². The van der Waals surface area contributed by atoms with Gasteiger partial charge in [0.2, 0.25) is 5.91 Å². The molecule has 1 amide bonds. The molecule has 1 aromatic heterocycles. The minimum atomic E-state index is 0.149. The fraction of sp³-hybridized carbons (Fsp3) is 0.643. The van der Waals surface area contributed by atoms with Crippen molar-refractivity contribution in [2.75, 3.05) is 6.54 Å². The number of nitrogens with zero attached hydrogens (tertiary/aromatic N) is 2. The first-order valence-corrected chi connectivity index (χ1v) is 6.85. The quantitative estimate of drug-likeness (QED) is 0.684. The lowest BCUT2D eigenvalue weighted by atomic mass is 10.1. The second-order valence-electron chi connectivity index (χ2n) is 4.39. The van der Waals surface area contributed by atoms with Crippen LogP contribution in [0.15, 0.2) is 18.5 Å². The summed E-state index contributed by atoms with van der Waals surface area (Å²) in [5.41, 5.74) is 0. The number of unbranched alkanes of at least 4 members (excludes halogenated alkanes) is 4. The van der Waals surface area contributed by atoms with Crippen molar-refractivity contribution in [1.29, 1.82) is 0 Å². The number of rotatable bonds is 9. The van der Waals surface area contributed by atoms with Crippen LogP contribution in [0.25, 0.3) is 0 Å². The monoisotopic (exact) mass is 249 g/mol. The van der Waals surface area contributed by atoms with Gasteiger partial charge in [0.1, 0.15) is 5.82 Å². The molecule has 0 saturated carbocycles. The van der Waals surface area contributed by atoms with Crippen LogP contribution in [0.3, 0.4) is 0 Å². The van der Waals surface area contributed by atoms with E-state index in [0.29, 0.717) is 6.42 Å². The highest BCUT2D eigenvalue weighted by molar-refractivity contribution is 5.75. The van der Waals surface area contributed by atoms with Crippen LogP contribution in [-0.4, -0.2) is 22.4 Å². The molecule has 4 nitrogen and oxygen atoms in total. The average Bonchev–Trinajstić information content (AvgIpc) is 2.42. The lowest BCUT2D eigenvalue weighted by molar-refractivity contribution is -0.120. The van der Waals surface area contributed by atoms with Crippen LogP contribution in [0.4, 0.5) is 0 Å². The molecule has 0 radical (unpaired) electrons. The normalized spacial score (nSPS) is 10.3. The summed E-state index contributed by atoms with van der Waals surface area (Å²) in [6, 6.07) is 1.84. The van der Waals surface area contributed by atoms with Crippen molar-refractivity contribution in [3.05, 3.63) is 24.3 Å². The van der Waals surface area contributed by atoms with Crippen LogP contribution in [-0.2, 0) is 11.2 Å². The number of hydrogen-bond acceptors (Lipinski definition) is 3. The largest absolute Gasteiger partial charge is 0.356 e. The van der Waals surface area contributed by atoms with Gasteiger partial charge >= 0.3 is 0 Å². The zero-order chi connectivity index (χ0) is 13.1. The average molecular weight is 249 g/mol. The Labute approximate surface area is 109 Å². The Hall–Kier alpha value is -1.45.